The molecule has 2 fully saturated rings. The summed E-state index contributed by atoms with van der Waals surface area (Å²) >= 11 is 0. The van der Waals surface area contributed by atoms with Crippen molar-refractivity contribution in [3.8, 4) is 0 Å². The molecule has 7 nitrogen and oxygen atoms in total. The van der Waals surface area contributed by atoms with Gasteiger partial charge in [-0.05, 0) is 63.5 Å². The molecule has 2 heterocycles. The molecule has 1 aromatic carbocycles. The molecule has 9 heteroatoms. The number of benzene rings is 1. The summed E-state index contributed by atoms with van der Waals surface area (Å²) in [4.78, 5) is 29.3. The molecule has 1 unspecified atom stereocenters. The van der Waals surface area contributed by atoms with Gasteiger partial charge in [0, 0.05) is 44.1 Å². The maximum atomic E-state index is 12.8. The van der Waals surface area contributed by atoms with Crippen molar-refractivity contribution < 1.29 is 14.3 Å². The Morgan fingerprint density at radius 3 is 2.41 bits per heavy atom. The van der Waals surface area contributed by atoms with Crippen LogP contribution < -0.4 is 11.1 Å². The van der Waals surface area contributed by atoms with Crippen molar-refractivity contribution >= 4 is 42.3 Å². The van der Waals surface area contributed by atoms with E-state index in [0.717, 1.165) is 25.9 Å². The summed E-state index contributed by atoms with van der Waals surface area (Å²) in [6, 6.07) is 7.27. The van der Waals surface area contributed by atoms with Gasteiger partial charge < -0.3 is 25.6 Å². The number of anilines is 1. The summed E-state index contributed by atoms with van der Waals surface area (Å²) in [6.45, 7) is 2.99. The Kier molecular flexibility index (Phi) is 9.85. The topological polar surface area (TPSA) is 87.9 Å². The van der Waals surface area contributed by atoms with E-state index in [2.05, 4.69) is 17.3 Å². The molecular weight excluding hydrogens is 415 g/mol. The van der Waals surface area contributed by atoms with E-state index in [4.69, 9.17) is 10.5 Å². The van der Waals surface area contributed by atoms with Crippen molar-refractivity contribution in [2.45, 2.75) is 37.3 Å². The number of nitrogens with zero attached hydrogens (tertiary/aromatic N) is 2. The zero-order chi connectivity index (χ0) is 19.4. The minimum Gasteiger partial charge on any atom is -0.381 e. The number of hydrogen-bond donors (Lipinski definition) is 2. The molecule has 0 radical (unpaired) electrons. The summed E-state index contributed by atoms with van der Waals surface area (Å²) in [5.74, 6) is -0.194. The maximum absolute atomic E-state index is 12.8. The fourth-order valence-electron chi connectivity index (χ4n) is 3.74. The quantitative estimate of drug-likeness (QED) is 0.739. The molecule has 0 saturated carbocycles. The molecule has 3 rings (SSSR count). The minimum absolute atomic E-state index is 0. The van der Waals surface area contributed by atoms with Gasteiger partial charge in [-0.15, -0.1) is 24.8 Å². The highest BCUT2D eigenvalue weighted by Gasteiger charge is 2.36. The van der Waals surface area contributed by atoms with Crippen LogP contribution in [-0.4, -0.2) is 73.6 Å². The zero-order valence-electron chi connectivity index (χ0n) is 17.1. The summed E-state index contributed by atoms with van der Waals surface area (Å²) < 4.78 is 5.28. The lowest BCUT2D eigenvalue weighted by molar-refractivity contribution is -0.124. The van der Waals surface area contributed by atoms with Gasteiger partial charge in [-0.25, -0.2) is 0 Å². The fraction of sp³-hybridized carbons (Fsp3) is 0.600. The number of carbonyl (C=O) groups excluding carboxylic acids is 2. The first kappa shape index (κ1) is 25.7. The highest BCUT2D eigenvalue weighted by atomic mass is 35.5. The number of likely N-dealkylation sites (tertiary alicyclic amines) is 1. The SMILES string of the molecule is CN1CCCC(N(C)C(=O)c2ccc(NC(=O)C3(N)CCOCC3)cc2)C1.Cl.Cl. The van der Waals surface area contributed by atoms with E-state index in [-0.39, 0.29) is 42.7 Å². The first-order valence-electron chi connectivity index (χ1n) is 9.63. The highest BCUT2D eigenvalue weighted by Crippen LogP contribution is 2.21. The Morgan fingerprint density at radius 2 is 1.83 bits per heavy atom. The maximum Gasteiger partial charge on any atom is 0.253 e. The first-order valence-corrected chi connectivity index (χ1v) is 9.63. The largest absolute Gasteiger partial charge is 0.381 e. The second kappa shape index (κ2) is 11.1. The van der Waals surface area contributed by atoms with Gasteiger partial charge >= 0.3 is 0 Å². The predicted octanol–water partition coefficient (Wildman–Crippen LogP) is 2.14. The second-order valence-electron chi connectivity index (χ2n) is 7.77. The third kappa shape index (κ3) is 6.30. The molecule has 1 atom stereocenters. The molecule has 2 aliphatic heterocycles. The van der Waals surface area contributed by atoms with Gasteiger partial charge in [-0.3, -0.25) is 9.59 Å². The van der Waals surface area contributed by atoms with Gasteiger partial charge in [-0.1, -0.05) is 0 Å². The van der Waals surface area contributed by atoms with E-state index >= 15 is 0 Å². The second-order valence-corrected chi connectivity index (χ2v) is 7.77. The molecule has 0 aliphatic carbocycles. The van der Waals surface area contributed by atoms with Crippen LogP contribution in [0.5, 0.6) is 0 Å². The van der Waals surface area contributed by atoms with Crippen LogP contribution in [0.15, 0.2) is 24.3 Å². The lowest BCUT2D eigenvalue weighted by Crippen LogP contribution is -2.54. The number of halogens is 2. The Morgan fingerprint density at radius 1 is 1.21 bits per heavy atom. The molecule has 29 heavy (non-hydrogen) atoms. The van der Waals surface area contributed by atoms with Crippen LogP contribution in [0.2, 0.25) is 0 Å². The molecule has 3 N–H and O–H groups in total. The normalized spacial score (nSPS) is 21.3. The number of likely N-dealkylation sites (N-methyl/N-ethyl adjacent to an activating group) is 2. The number of piperidine rings is 1. The summed E-state index contributed by atoms with van der Waals surface area (Å²) in [5, 5.41) is 2.87. The highest BCUT2D eigenvalue weighted by molar-refractivity contribution is 5.99. The van der Waals surface area contributed by atoms with Gasteiger partial charge in [0.25, 0.3) is 5.91 Å². The summed E-state index contributed by atoms with van der Waals surface area (Å²) in [5.41, 5.74) is 6.59. The number of rotatable bonds is 4. The van der Waals surface area contributed by atoms with Crippen LogP contribution >= 0.6 is 24.8 Å². The zero-order valence-corrected chi connectivity index (χ0v) is 18.7. The van der Waals surface area contributed by atoms with Crippen molar-refractivity contribution in [2.24, 2.45) is 5.73 Å². The van der Waals surface area contributed by atoms with Crippen LogP contribution in [0.3, 0.4) is 0 Å². The monoisotopic (exact) mass is 446 g/mol. The molecule has 2 saturated heterocycles. The van der Waals surface area contributed by atoms with Crippen molar-refractivity contribution in [3.05, 3.63) is 29.8 Å². The van der Waals surface area contributed by atoms with E-state index in [1.807, 2.05) is 11.9 Å². The first-order chi connectivity index (χ1) is 12.9. The van der Waals surface area contributed by atoms with Crippen LogP contribution in [0, 0.1) is 0 Å². The molecular formula is C20H32Cl2N4O3. The summed E-state index contributed by atoms with van der Waals surface area (Å²) in [6.07, 6.45) is 3.16. The van der Waals surface area contributed by atoms with Gasteiger partial charge in [0.05, 0.1) is 0 Å². The standard InChI is InChI=1S/C20H30N4O3.2ClH/c1-23-11-3-4-17(14-23)24(2)18(25)15-5-7-16(8-6-15)22-19(26)20(21)9-12-27-13-10-20;;/h5-8,17H,3-4,9-14,21H2,1-2H3,(H,22,26);2*1H. The number of ether oxygens (including phenoxy) is 1. The van der Waals surface area contributed by atoms with Crippen LogP contribution in [0.4, 0.5) is 5.69 Å². The predicted molar refractivity (Wildman–Crippen MR) is 119 cm³/mol. The van der Waals surface area contributed by atoms with Crippen LogP contribution in [0.1, 0.15) is 36.0 Å². The van der Waals surface area contributed by atoms with Crippen LogP contribution in [0.25, 0.3) is 0 Å². The number of nitrogens with two attached hydrogens (primary N) is 1. The van der Waals surface area contributed by atoms with E-state index in [1.54, 1.807) is 24.3 Å². The number of amides is 2. The number of hydrogen-bond acceptors (Lipinski definition) is 5. The third-order valence-corrected chi connectivity index (χ3v) is 5.69. The van der Waals surface area contributed by atoms with Crippen molar-refractivity contribution in [1.82, 2.24) is 9.80 Å². The van der Waals surface area contributed by atoms with Crippen molar-refractivity contribution in [2.75, 3.05) is 45.7 Å². The molecule has 0 bridgehead atoms. The van der Waals surface area contributed by atoms with E-state index in [9.17, 15) is 9.59 Å². The Bertz CT molecular complexity index is 681. The Balaban J connectivity index is 0.00000210. The molecule has 1 aromatic rings. The Labute approximate surface area is 185 Å². The average Bonchev–Trinajstić information content (AvgIpc) is 2.68. The number of carbonyl (C=O) groups is 2. The fourth-order valence-corrected chi connectivity index (χ4v) is 3.74. The van der Waals surface area contributed by atoms with E-state index < -0.39 is 5.54 Å². The van der Waals surface area contributed by atoms with Crippen molar-refractivity contribution in [1.29, 1.82) is 0 Å². The van der Waals surface area contributed by atoms with Crippen LogP contribution in [-0.2, 0) is 9.53 Å². The lowest BCUT2D eigenvalue weighted by Gasteiger charge is -2.36. The molecule has 2 aliphatic rings. The van der Waals surface area contributed by atoms with Gasteiger partial charge in [0.2, 0.25) is 5.91 Å². The smallest absolute Gasteiger partial charge is 0.253 e. The van der Waals surface area contributed by atoms with Gasteiger partial charge in [-0.2, -0.15) is 0 Å². The Hall–Kier alpha value is -1.38. The van der Waals surface area contributed by atoms with Crippen molar-refractivity contribution in [3.63, 3.8) is 0 Å². The molecule has 164 valence electrons. The summed E-state index contributed by atoms with van der Waals surface area (Å²) in [7, 11) is 3.95. The molecule has 2 amide bonds. The minimum atomic E-state index is -0.889. The molecule has 0 spiro atoms. The number of nitrogens with one attached hydrogen (secondary N) is 1. The van der Waals surface area contributed by atoms with E-state index in [0.29, 0.717) is 37.3 Å². The van der Waals surface area contributed by atoms with Gasteiger partial charge in [0.15, 0.2) is 0 Å². The average molecular weight is 447 g/mol. The van der Waals surface area contributed by atoms with E-state index in [1.165, 1.54) is 0 Å². The third-order valence-electron chi connectivity index (χ3n) is 5.69. The molecule has 0 aromatic heterocycles. The lowest BCUT2D eigenvalue weighted by atomic mass is 9.90. The van der Waals surface area contributed by atoms with Gasteiger partial charge in [0.1, 0.15) is 5.54 Å².